The zero-order chi connectivity index (χ0) is 12.1. The monoisotopic (exact) mass is 216 g/mol. The quantitative estimate of drug-likeness (QED) is 0.606. The van der Waals surface area contributed by atoms with E-state index in [4.69, 9.17) is 5.11 Å². The van der Waals surface area contributed by atoms with Crippen LogP contribution >= 0.6 is 0 Å². The van der Waals surface area contributed by atoms with Crippen LogP contribution in [0.4, 0.5) is 0 Å². The molecule has 0 spiro atoms. The summed E-state index contributed by atoms with van der Waals surface area (Å²) in [5.74, 6) is 0.379. The molecule has 0 aliphatic rings. The number of nitrogens with one attached hydrogen (secondary N) is 2. The van der Waals surface area contributed by atoms with Crippen LogP contribution in [0.2, 0.25) is 0 Å². The van der Waals surface area contributed by atoms with E-state index in [0.717, 1.165) is 6.42 Å². The van der Waals surface area contributed by atoms with Crippen LogP contribution in [-0.4, -0.2) is 36.2 Å². The number of hydrogen-bond donors (Lipinski definition) is 3. The van der Waals surface area contributed by atoms with Crippen LogP contribution in [0.5, 0.6) is 0 Å². The molecule has 1 amide bonds. The summed E-state index contributed by atoms with van der Waals surface area (Å²) in [6, 6.07) is -0.148. The lowest BCUT2D eigenvalue weighted by Crippen LogP contribution is -2.54. The van der Waals surface area contributed by atoms with E-state index in [1.54, 1.807) is 7.05 Å². The van der Waals surface area contributed by atoms with Gasteiger partial charge >= 0.3 is 0 Å². The number of aliphatic hydroxyl groups excluding tert-OH is 1. The van der Waals surface area contributed by atoms with Gasteiger partial charge in [-0.1, -0.05) is 13.8 Å². The first kappa shape index (κ1) is 14.4. The number of rotatable bonds is 6. The van der Waals surface area contributed by atoms with Gasteiger partial charge in [0.15, 0.2) is 0 Å². The topological polar surface area (TPSA) is 61.4 Å². The highest BCUT2D eigenvalue weighted by Gasteiger charge is 2.27. The summed E-state index contributed by atoms with van der Waals surface area (Å²) in [5.41, 5.74) is -0.593. The summed E-state index contributed by atoms with van der Waals surface area (Å²) < 4.78 is 0. The minimum Gasteiger partial charge on any atom is -0.394 e. The van der Waals surface area contributed by atoms with Gasteiger partial charge in [0.2, 0.25) is 5.91 Å². The minimum atomic E-state index is -0.593. The summed E-state index contributed by atoms with van der Waals surface area (Å²) in [6.07, 6.45) is 0.794. The Kier molecular flexibility index (Phi) is 5.83. The van der Waals surface area contributed by atoms with Crippen LogP contribution in [-0.2, 0) is 4.79 Å². The van der Waals surface area contributed by atoms with Gasteiger partial charge in [-0.15, -0.1) is 0 Å². The number of carbonyl (C=O) groups is 1. The average molecular weight is 216 g/mol. The van der Waals surface area contributed by atoms with Gasteiger partial charge in [0, 0.05) is 0 Å². The lowest BCUT2D eigenvalue weighted by Gasteiger charge is -2.26. The van der Waals surface area contributed by atoms with E-state index in [0.29, 0.717) is 5.92 Å². The fourth-order valence-electron chi connectivity index (χ4n) is 1.23. The molecule has 4 nitrogen and oxygen atoms in total. The molecule has 3 N–H and O–H groups in total. The molecule has 0 aromatic rings. The standard InChI is InChI=1S/C11H24N2O2/c1-8(2)6-9(7-14)13-10(15)11(3,4)12-5/h8-9,12,14H,6-7H2,1-5H3,(H,13,15). The molecule has 0 heterocycles. The van der Waals surface area contributed by atoms with E-state index in [9.17, 15) is 4.79 Å². The molecule has 0 radical (unpaired) electrons. The van der Waals surface area contributed by atoms with Crippen LogP contribution in [0.25, 0.3) is 0 Å². The van der Waals surface area contributed by atoms with E-state index < -0.39 is 5.54 Å². The lowest BCUT2D eigenvalue weighted by atomic mass is 10.0. The summed E-state index contributed by atoms with van der Waals surface area (Å²) >= 11 is 0. The fraction of sp³-hybridized carbons (Fsp3) is 0.909. The Morgan fingerprint density at radius 1 is 1.40 bits per heavy atom. The van der Waals surface area contributed by atoms with E-state index in [-0.39, 0.29) is 18.6 Å². The lowest BCUT2D eigenvalue weighted by molar-refractivity contribution is -0.127. The van der Waals surface area contributed by atoms with E-state index in [1.807, 2.05) is 13.8 Å². The summed E-state index contributed by atoms with van der Waals surface area (Å²) in [4.78, 5) is 11.8. The van der Waals surface area contributed by atoms with Crippen molar-refractivity contribution in [2.45, 2.75) is 45.7 Å². The molecular formula is C11H24N2O2. The number of carbonyl (C=O) groups excluding carboxylic acids is 1. The number of hydrogen-bond acceptors (Lipinski definition) is 3. The molecule has 0 fully saturated rings. The Morgan fingerprint density at radius 3 is 2.27 bits per heavy atom. The van der Waals surface area contributed by atoms with Gasteiger partial charge in [-0.3, -0.25) is 4.79 Å². The molecule has 0 saturated carbocycles. The molecule has 0 bridgehead atoms. The van der Waals surface area contributed by atoms with Crippen molar-refractivity contribution >= 4 is 5.91 Å². The minimum absolute atomic E-state index is 0.0102. The van der Waals surface area contributed by atoms with Gasteiger partial charge in [-0.25, -0.2) is 0 Å². The highest BCUT2D eigenvalue weighted by molar-refractivity contribution is 5.85. The van der Waals surface area contributed by atoms with Crippen molar-refractivity contribution in [3.8, 4) is 0 Å². The van der Waals surface area contributed by atoms with E-state index >= 15 is 0 Å². The first-order valence-corrected chi connectivity index (χ1v) is 5.44. The van der Waals surface area contributed by atoms with Crippen molar-refractivity contribution in [3.05, 3.63) is 0 Å². The van der Waals surface area contributed by atoms with Crippen molar-refractivity contribution in [2.24, 2.45) is 5.92 Å². The zero-order valence-electron chi connectivity index (χ0n) is 10.4. The van der Waals surface area contributed by atoms with Crippen molar-refractivity contribution in [3.63, 3.8) is 0 Å². The van der Waals surface area contributed by atoms with Crippen molar-refractivity contribution in [1.29, 1.82) is 0 Å². The molecule has 0 rings (SSSR count). The van der Waals surface area contributed by atoms with Crippen molar-refractivity contribution in [1.82, 2.24) is 10.6 Å². The fourth-order valence-corrected chi connectivity index (χ4v) is 1.23. The van der Waals surface area contributed by atoms with Crippen LogP contribution < -0.4 is 10.6 Å². The zero-order valence-corrected chi connectivity index (χ0v) is 10.4. The molecule has 15 heavy (non-hydrogen) atoms. The van der Waals surface area contributed by atoms with Crippen LogP contribution in [0, 0.1) is 5.92 Å². The molecular weight excluding hydrogens is 192 g/mol. The van der Waals surface area contributed by atoms with E-state index in [1.165, 1.54) is 0 Å². The maximum absolute atomic E-state index is 11.8. The Labute approximate surface area is 92.4 Å². The van der Waals surface area contributed by atoms with Gasteiger partial charge in [-0.2, -0.15) is 0 Å². The number of likely N-dealkylation sites (N-methyl/N-ethyl adjacent to an activating group) is 1. The maximum Gasteiger partial charge on any atom is 0.240 e. The molecule has 0 aromatic heterocycles. The molecule has 1 atom stereocenters. The third kappa shape index (κ3) is 5.14. The van der Waals surface area contributed by atoms with Crippen LogP contribution in [0.3, 0.4) is 0 Å². The predicted molar refractivity (Wildman–Crippen MR) is 61.6 cm³/mol. The summed E-state index contributed by atoms with van der Waals surface area (Å²) in [5, 5.41) is 14.9. The molecule has 0 aromatic carbocycles. The number of aliphatic hydroxyl groups is 1. The first-order valence-electron chi connectivity index (χ1n) is 5.44. The SMILES string of the molecule is CNC(C)(C)C(=O)NC(CO)CC(C)C. The average Bonchev–Trinajstić information content (AvgIpc) is 2.15. The van der Waals surface area contributed by atoms with Crippen LogP contribution in [0.15, 0.2) is 0 Å². The summed E-state index contributed by atoms with van der Waals surface area (Å²) in [7, 11) is 1.75. The first-order chi connectivity index (χ1) is 6.83. The molecule has 90 valence electrons. The van der Waals surface area contributed by atoms with Crippen LogP contribution in [0.1, 0.15) is 34.1 Å². The highest BCUT2D eigenvalue weighted by Crippen LogP contribution is 2.07. The number of amides is 1. The second-order valence-corrected chi connectivity index (χ2v) is 4.86. The third-order valence-electron chi connectivity index (χ3n) is 2.50. The van der Waals surface area contributed by atoms with Crippen molar-refractivity contribution in [2.75, 3.05) is 13.7 Å². The molecule has 0 saturated heterocycles. The Hall–Kier alpha value is -0.610. The molecule has 0 aliphatic heterocycles. The largest absolute Gasteiger partial charge is 0.394 e. The Balaban J connectivity index is 4.24. The Bertz CT molecular complexity index is 203. The van der Waals surface area contributed by atoms with Gasteiger partial charge < -0.3 is 15.7 Å². The molecule has 4 heteroatoms. The van der Waals surface area contributed by atoms with Crippen molar-refractivity contribution < 1.29 is 9.90 Å². The highest BCUT2D eigenvalue weighted by atomic mass is 16.3. The van der Waals surface area contributed by atoms with Gasteiger partial charge in [0.1, 0.15) is 0 Å². The normalized spacial score (nSPS) is 14.1. The van der Waals surface area contributed by atoms with Gasteiger partial charge in [0.05, 0.1) is 18.2 Å². The molecule has 1 unspecified atom stereocenters. The smallest absolute Gasteiger partial charge is 0.240 e. The van der Waals surface area contributed by atoms with E-state index in [2.05, 4.69) is 24.5 Å². The predicted octanol–water partition coefficient (Wildman–Crippen LogP) is 0.508. The second-order valence-electron chi connectivity index (χ2n) is 4.86. The molecule has 0 aliphatic carbocycles. The second kappa shape index (κ2) is 6.08. The van der Waals surface area contributed by atoms with Gasteiger partial charge in [0.25, 0.3) is 0 Å². The van der Waals surface area contributed by atoms with Gasteiger partial charge in [-0.05, 0) is 33.2 Å². The summed E-state index contributed by atoms with van der Waals surface area (Å²) in [6.45, 7) is 7.75. The third-order valence-corrected chi connectivity index (χ3v) is 2.50. The maximum atomic E-state index is 11.8. The Morgan fingerprint density at radius 2 is 1.93 bits per heavy atom.